The predicted molar refractivity (Wildman–Crippen MR) is 53.7 cm³/mol. The van der Waals surface area contributed by atoms with Crippen molar-refractivity contribution in [3.05, 3.63) is 11.8 Å². The summed E-state index contributed by atoms with van der Waals surface area (Å²) in [6.07, 6.45) is 8.98. The Morgan fingerprint density at radius 3 is 2.93 bits per heavy atom. The van der Waals surface area contributed by atoms with Crippen LogP contribution in [0, 0.1) is 11.8 Å². The second-order valence-electron chi connectivity index (χ2n) is 5.06. The van der Waals surface area contributed by atoms with E-state index in [1.807, 2.05) is 0 Å². The van der Waals surface area contributed by atoms with Crippen molar-refractivity contribution in [1.29, 1.82) is 0 Å². The van der Waals surface area contributed by atoms with Crippen molar-refractivity contribution >= 4 is 0 Å². The van der Waals surface area contributed by atoms with Gasteiger partial charge in [-0.05, 0) is 56.4 Å². The van der Waals surface area contributed by atoms with Gasteiger partial charge in [0.2, 0.25) is 0 Å². The first-order valence-electron chi connectivity index (χ1n) is 5.85. The number of rotatable bonds is 1. The zero-order valence-corrected chi connectivity index (χ0v) is 8.54. The molecule has 3 unspecified atom stereocenters. The molecule has 3 aliphatic rings. The molecule has 0 aromatic heterocycles. The summed E-state index contributed by atoms with van der Waals surface area (Å²) in [6, 6.07) is 0. The third-order valence-corrected chi connectivity index (χ3v) is 4.18. The highest BCUT2D eigenvalue weighted by Gasteiger charge is 2.53. The van der Waals surface area contributed by atoms with E-state index in [1.165, 1.54) is 19.3 Å². The Bertz CT molecular complexity index is 271. The van der Waals surface area contributed by atoms with E-state index in [1.54, 1.807) is 0 Å². The maximum absolute atomic E-state index is 10.6. The van der Waals surface area contributed by atoms with Crippen LogP contribution in [0.5, 0.6) is 0 Å². The van der Waals surface area contributed by atoms with Crippen LogP contribution in [0.2, 0.25) is 0 Å². The van der Waals surface area contributed by atoms with E-state index in [2.05, 4.69) is 6.08 Å². The summed E-state index contributed by atoms with van der Waals surface area (Å²) in [6.45, 7) is 0.797. The van der Waals surface area contributed by atoms with Gasteiger partial charge in [0.05, 0.1) is 6.61 Å². The van der Waals surface area contributed by atoms with Crippen molar-refractivity contribution in [2.45, 2.75) is 44.1 Å². The first kappa shape index (κ1) is 8.78. The van der Waals surface area contributed by atoms with Gasteiger partial charge in [-0.3, -0.25) is 0 Å². The molecular formula is C12H18O2. The van der Waals surface area contributed by atoms with E-state index < -0.39 is 5.60 Å². The highest BCUT2D eigenvalue weighted by molar-refractivity contribution is 5.19. The maximum atomic E-state index is 10.6. The summed E-state index contributed by atoms with van der Waals surface area (Å²) in [5, 5.41) is 10.6. The Hall–Kier alpha value is -0.500. The molecule has 0 radical (unpaired) electrons. The smallest absolute Gasteiger partial charge is 0.124 e. The van der Waals surface area contributed by atoms with Crippen LogP contribution in [0.1, 0.15) is 38.5 Å². The molecule has 0 spiro atoms. The van der Waals surface area contributed by atoms with E-state index in [4.69, 9.17) is 4.74 Å². The van der Waals surface area contributed by atoms with Crippen molar-refractivity contribution in [1.82, 2.24) is 0 Å². The van der Waals surface area contributed by atoms with Crippen molar-refractivity contribution in [2.24, 2.45) is 11.8 Å². The predicted octanol–water partition coefficient (Wildman–Crippen LogP) is 2.23. The molecule has 2 bridgehead atoms. The lowest BCUT2D eigenvalue weighted by molar-refractivity contribution is -0.0353. The lowest BCUT2D eigenvalue weighted by atomic mass is 9.82. The SMILES string of the molecule is OC1(C2=CCCCO2)CC2CCC1C2. The number of allylic oxidation sites excluding steroid dienone is 1. The van der Waals surface area contributed by atoms with Crippen molar-refractivity contribution in [2.75, 3.05) is 6.61 Å². The van der Waals surface area contributed by atoms with Crippen LogP contribution in [-0.4, -0.2) is 17.3 Å². The standard InChI is InChI=1S/C12H18O2/c13-12(11-3-1-2-6-14-11)8-9-4-5-10(12)7-9/h3,9-10,13H,1-2,4-8H2. The molecule has 3 rings (SSSR count). The summed E-state index contributed by atoms with van der Waals surface area (Å²) < 4.78 is 5.63. The molecule has 1 heterocycles. The maximum Gasteiger partial charge on any atom is 0.124 e. The number of hydrogen-bond acceptors (Lipinski definition) is 2. The third kappa shape index (κ3) is 1.13. The van der Waals surface area contributed by atoms with Crippen LogP contribution in [-0.2, 0) is 4.74 Å². The van der Waals surface area contributed by atoms with Crippen molar-refractivity contribution < 1.29 is 9.84 Å². The van der Waals surface area contributed by atoms with E-state index in [9.17, 15) is 5.11 Å². The fourth-order valence-electron chi connectivity index (χ4n) is 3.46. The summed E-state index contributed by atoms with van der Waals surface area (Å²) in [5.41, 5.74) is -0.580. The second-order valence-corrected chi connectivity index (χ2v) is 5.06. The first-order valence-corrected chi connectivity index (χ1v) is 5.85. The summed E-state index contributed by atoms with van der Waals surface area (Å²) in [5.74, 6) is 2.14. The first-order chi connectivity index (χ1) is 6.79. The number of hydrogen-bond donors (Lipinski definition) is 1. The summed E-state index contributed by atoms with van der Waals surface area (Å²) >= 11 is 0. The Labute approximate surface area is 85.0 Å². The van der Waals surface area contributed by atoms with Gasteiger partial charge in [0.25, 0.3) is 0 Å². The fraction of sp³-hybridized carbons (Fsp3) is 0.833. The van der Waals surface area contributed by atoms with E-state index >= 15 is 0 Å². The molecule has 2 nitrogen and oxygen atoms in total. The van der Waals surface area contributed by atoms with Crippen LogP contribution in [0.25, 0.3) is 0 Å². The summed E-state index contributed by atoms with van der Waals surface area (Å²) in [7, 11) is 0. The molecule has 14 heavy (non-hydrogen) atoms. The van der Waals surface area contributed by atoms with E-state index in [-0.39, 0.29) is 0 Å². The molecule has 78 valence electrons. The van der Waals surface area contributed by atoms with Gasteiger partial charge in [0.15, 0.2) is 0 Å². The highest BCUT2D eigenvalue weighted by Crippen LogP contribution is 2.54. The summed E-state index contributed by atoms with van der Waals surface area (Å²) in [4.78, 5) is 0. The monoisotopic (exact) mass is 194 g/mol. The fourth-order valence-corrected chi connectivity index (χ4v) is 3.46. The van der Waals surface area contributed by atoms with Gasteiger partial charge >= 0.3 is 0 Å². The Morgan fingerprint density at radius 1 is 1.43 bits per heavy atom. The quantitative estimate of drug-likeness (QED) is 0.693. The molecule has 0 amide bonds. The van der Waals surface area contributed by atoms with Gasteiger partial charge in [-0.25, -0.2) is 0 Å². The molecule has 0 aromatic carbocycles. The minimum atomic E-state index is -0.580. The largest absolute Gasteiger partial charge is 0.495 e. The minimum Gasteiger partial charge on any atom is -0.495 e. The topological polar surface area (TPSA) is 29.5 Å². The zero-order chi connectivity index (χ0) is 9.60. The van der Waals surface area contributed by atoms with Crippen molar-refractivity contribution in [3.8, 4) is 0 Å². The number of ether oxygens (including phenoxy) is 1. The third-order valence-electron chi connectivity index (χ3n) is 4.18. The Kier molecular flexibility index (Phi) is 1.88. The average molecular weight is 194 g/mol. The van der Waals surface area contributed by atoms with Crippen molar-refractivity contribution in [3.63, 3.8) is 0 Å². The number of fused-ring (bicyclic) bond motifs is 2. The molecule has 0 saturated heterocycles. The van der Waals surface area contributed by atoms with Crippen LogP contribution in [0.4, 0.5) is 0 Å². The average Bonchev–Trinajstić information content (AvgIpc) is 2.79. The lowest BCUT2D eigenvalue weighted by Gasteiger charge is -2.35. The number of aliphatic hydroxyl groups is 1. The van der Waals surface area contributed by atoms with E-state index in [0.717, 1.165) is 37.5 Å². The Morgan fingerprint density at radius 2 is 2.36 bits per heavy atom. The van der Waals surface area contributed by atoms with Gasteiger partial charge in [-0.15, -0.1) is 0 Å². The minimum absolute atomic E-state index is 0.483. The molecule has 3 atom stereocenters. The normalized spacial score (nSPS) is 46.2. The van der Waals surface area contributed by atoms with Gasteiger partial charge in [-0.1, -0.05) is 0 Å². The van der Waals surface area contributed by atoms with Crippen LogP contribution >= 0.6 is 0 Å². The van der Waals surface area contributed by atoms with Gasteiger partial charge < -0.3 is 9.84 Å². The van der Waals surface area contributed by atoms with Crippen LogP contribution in [0.3, 0.4) is 0 Å². The van der Waals surface area contributed by atoms with Crippen LogP contribution < -0.4 is 0 Å². The molecular weight excluding hydrogens is 176 g/mol. The van der Waals surface area contributed by atoms with Gasteiger partial charge in [0.1, 0.15) is 11.4 Å². The molecule has 2 heteroatoms. The Balaban J connectivity index is 1.86. The highest BCUT2D eigenvalue weighted by atomic mass is 16.5. The molecule has 1 aliphatic heterocycles. The second kappa shape index (κ2) is 2.99. The molecule has 1 N–H and O–H groups in total. The van der Waals surface area contributed by atoms with Crippen LogP contribution in [0.15, 0.2) is 11.8 Å². The molecule has 2 saturated carbocycles. The van der Waals surface area contributed by atoms with Gasteiger partial charge in [-0.2, -0.15) is 0 Å². The molecule has 0 aromatic rings. The lowest BCUT2D eigenvalue weighted by Crippen LogP contribution is -2.39. The zero-order valence-electron chi connectivity index (χ0n) is 8.54. The molecule has 2 fully saturated rings. The van der Waals surface area contributed by atoms with E-state index in [0.29, 0.717) is 5.92 Å². The van der Waals surface area contributed by atoms with Gasteiger partial charge in [0, 0.05) is 0 Å². The molecule has 2 aliphatic carbocycles.